The molecule has 1 aromatic carbocycles. The maximum atomic E-state index is 12.0. The number of hydrogen-bond donors (Lipinski definition) is 0. The number of fused-ring (bicyclic) bond motifs is 1. The minimum absolute atomic E-state index is 0.165. The van der Waals surface area contributed by atoms with E-state index >= 15 is 0 Å². The molecule has 0 aliphatic rings. The van der Waals surface area contributed by atoms with Gasteiger partial charge in [-0.3, -0.25) is 0 Å². The van der Waals surface area contributed by atoms with Crippen molar-refractivity contribution < 1.29 is 0 Å². The van der Waals surface area contributed by atoms with Crippen molar-refractivity contribution in [1.29, 1.82) is 0 Å². The van der Waals surface area contributed by atoms with Crippen LogP contribution in [-0.4, -0.2) is 22.9 Å². The number of aromatic nitrogens is 1. The summed E-state index contributed by atoms with van der Waals surface area (Å²) >= 11 is -0.996. The fraction of sp³-hybridized carbons (Fsp3) is 0.650. The summed E-state index contributed by atoms with van der Waals surface area (Å²) in [4.78, 5) is 12.2. The Morgan fingerprint density at radius 3 is 2.00 bits per heavy atom. The SMILES string of the molecule is CCC[CH2][Sn]([CH2]CCC)([CH2]CCC)[c]1ccc2sc(=O)n(C)c2c1. The number of aryl methyl sites for hydroxylation is 1. The van der Waals surface area contributed by atoms with E-state index in [4.69, 9.17) is 0 Å². The second-order valence-corrected chi connectivity index (χ2v) is 21.4. The van der Waals surface area contributed by atoms with Crippen molar-refractivity contribution >= 4 is 43.5 Å². The number of rotatable bonds is 10. The predicted octanol–water partition coefficient (Wildman–Crippen LogP) is 5.66. The summed E-state index contributed by atoms with van der Waals surface area (Å²) in [5.41, 5.74) is 1.16. The molecule has 2 nitrogen and oxygen atoms in total. The fourth-order valence-electron chi connectivity index (χ4n) is 3.81. The number of thiazole rings is 1. The molecule has 0 saturated heterocycles. The van der Waals surface area contributed by atoms with Gasteiger partial charge in [-0.2, -0.15) is 0 Å². The summed E-state index contributed by atoms with van der Waals surface area (Å²) in [6.07, 6.45) is 8.04. The summed E-state index contributed by atoms with van der Waals surface area (Å²) in [6.45, 7) is 6.96. The van der Waals surface area contributed by atoms with Crippen LogP contribution in [-0.2, 0) is 7.05 Å². The molecule has 0 aliphatic carbocycles. The van der Waals surface area contributed by atoms with E-state index in [0.29, 0.717) is 0 Å². The van der Waals surface area contributed by atoms with Gasteiger partial charge in [-0.05, 0) is 0 Å². The number of hydrogen-bond acceptors (Lipinski definition) is 2. The van der Waals surface area contributed by atoms with Gasteiger partial charge in [0, 0.05) is 0 Å². The molecule has 4 heteroatoms. The number of unbranched alkanes of at least 4 members (excludes halogenated alkanes) is 3. The molecule has 0 spiro atoms. The summed E-state index contributed by atoms with van der Waals surface area (Å²) in [5, 5.41) is 0. The van der Waals surface area contributed by atoms with E-state index in [2.05, 4.69) is 39.0 Å². The maximum absolute atomic E-state index is 12.0. The molecule has 0 bridgehead atoms. The normalized spacial score (nSPS) is 12.2. The summed E-state index contributed by atoms with van der Waals surface area (Å²) in [7, 11) is 1.92. The molecule has 2 rings (SSSR count). The van der Waals surface area contributed by atoms with Gasteiger partial charge in [-0.25, -0.2) is 0 Å². The van der Waals surface area contributed by atoms with Crippen LogP contribution >= 0.6 is 11.3 Å². The van der Waals surface area contributed by atoms with E-state index in [1.807, 2.05) is 11.6 Å². The van der Waals surface area contributed by atoms with Crippen molar-refractivity contribution in [3.63, 3.8) is 0 Å². The minimum atomic E-state index is -2.38. The molecule has 1 heterocycles. The molecule has 134 valence electrons. The summed E-state index contributed by atoms with van der Waals surface area (Å²) in [6, 6.07) is 7.03. The first-order valence-corrected chi connectivity index (χ1v) is 18.0. The van der Waals surface area contributed by atoms with Crippen LogP contribution in [0, 0.1) is 0 Å². The van der Waals surface area contributed by atoms with Gasteiger partial charge in [0.1, 0.15) is 0 Å². The first-order chi connectivity index (χ1) is 11.6. The molecule has 0 atom stereocenters. The first-order valence-electron chi connectivity index (χ1n) is 9.68. The molecular weight excluding hydrogens is 421 g/mol. The van der Waals surface area contributed by atoms with Gasteiger partial charge < -0.3 is 0 Å². The molecule has 0 saturated carbocycles. The van der Waals surface area contributed by atoms with Crippen LogP contribution in [0.3, 0.4) is 0 Å². The van der Waals surface area contributed by atoms with Crippen LogP contribution in [0.25, 0.3) is 10.2 Å². The van der Waals surface area contributed by atoms with E-state index in [9.17, 15) is 4.79 Å². The van der Waals surface area contributed by atoms with E-state index in [-0.39, 0.29) is 4.87 Å². The van der Waals surface area contributed by atoms with Crippen LogP contribution in [0.1, 0.15) is 59.3 Å². The molecule has 0 aliphatic heterocycles. The third kappa shape index (κ3) is 4.46. The topological polar surface area (TPSA) is 22.0 Å². The fourth-order valence-corrected chi connectivity index (χ4v) is 20.6. The van der Waals surface area contributed by atoms with E-state index in [0.717, 1.165) is 10.2 Å². The average Bonchev–Trinajstić information content (AvgIpc) is 2.89. The van der Waals surface area contributed by atoms with Crippen LogP contribution in [0.15, 0.2) is 23.0 Å². The Hall–Kier alpha value is -0.291. The van der Waals surface area contributed by atoms with Crippen LogP contribution < -0.4 is 8.45 Å². The molecule has 24 heavy (non-hydrogen) atoms. The molecule has 0 unspecified atom stereocenters. The zero-order valence-electron chi connectivity index (χ0n) is 15.9. The van der Waals surface area contributed by atoms with Gasteiger partial charge in [-0.1, -0.05) is 0 Å². The Kier molecular flexibility index (Phi) is 7.86. The van der Waals surface area contributed by atoms with Crippen molar-refractivity contribution in [2.24, 2.45) is 7.05 Å². The summed E-state index contributed by atoms with van der Waals surface area (Å²) < 4.78 is 9.10. The average molecular weight is 454 g/mol. The van der Waals surface area contributed by atoms with Gasteiger partial charge in [0.05, 0.1) is 0 Å². The van der Waals surface area contributed by atoms with Gasteiger partial charge in [-0.15, -0.1) is 0 Å². The Bertz CT molecular complexity index is 681. The van der Waals surface area contributed by atoms with Crippen molar-refractivity contribution in [1.82, 2.24) is 4.57 Å². The zero-order valence-corrected chi connectivity index (χ0v) is 19.5. The summed E-state index contributed by atoms with van der Waals surface area (Å²) in [5.74, 6) is 0. The molecular formula is C20H33NOSSn. The Labute approximate surface area is 155 Å². The molecule has 0 radical (unpaired) electrons. The third-order valence-corrected chi connectivity index (χ3v) is 22.0. The predicted molar refractivity (Wildman–Crippen MR) is 112 cm³/mol. The standard InChI is InChI=1S/C8H6NOS.3C4H9.Sn/c1-9-6-4-2-3-5-7(6)11-8(9)10;3*1-3-4-2;/h3-5H,1H3;3*1,3-4H2,2H3;. The van der Waals surface area contributed by atoms with Crippen molar-refractivity contribution in [3.8, 4) is 0 Å². The van der Waals surface area contributed by atoms with Crippen molar-refractivity contribution in [3.05, 3.63) is 27.9 Å². The van der Waals surface area contributed by atoms with Crippen molar-refractivity contribution in [2.45, 2.75) is 72.6 Å². The Morgan fingerprint density at radius 2 is 1.50 bits per heavy atom. The number of nitrogens with zero attached hydrogens (tertiary/aromatic N) is 1. The first kappa shape index (κ1) is 20.0. The van der Waals surface area contributed by atoms with Gasteiger partial charge in [0.15, 0.2) is 0 Å². The second-order valence-electron chi connectivity index (χ2n) is 7.20. The molecule has 0 fully saturated rings. The van der Waals surface area contributed by atoms with Gasteiger partial charge >= 0.3 is 156 Å². The molecule has 0 amide bonds. The number of benzene rings is 1. The van der Waals surface area contributed by atoms with Crippen LogP contribution in [0.5, 0.6) is 0 Å². The van der Waals surface area contributed by atoms with Crippen molar-refractivity contribution in [2.75, 3.05) is 0 Å². The van der Waals surface area contributed by atoms with Gasteiger partial charge in [0.2, 0.25) is 0 Å². The van der Waals surface area contributed by atoms with E-state index < -0.39 is 18.4 Å². The quantitative estimate of drug-likeness (QED) is 0.425. The monoisotopic (exact) mass is 455 g/mol. The molecule has 1 aromatic heterocycles. The second kappa shape index (κ2) is 9.42. The third-order valence-electron chi connectivity index (χ3n) is 5.43. The van der Waals surface area contributed by atoms with Gasteiger partial charge in [0.25, 0.3) is 0 Å². The molecule has 0 N–H and O–H groups in total. The van der Waals surface area contributed by atoms with Crippen LogP contribution in [0.2, 0.25) is 13.3 Å². The van der Waals surface area contributed by atoms with Crippen LogP contribution in [0.4, 0.5) is 0 Å². The Balaban J connectivity index is 2.49. The Morgan fingerprint density at radius 1 is 0.958 bits per heavy atom. The molecule has 2 aromatic rings. The van der Waals surface area contributed by atoms with E-state index in [1.165, 1.54) is 63.2 Å². The zero-order chi connectivity index (χ0) is 17.6. The van der Waals surface area contributed by atoms with E-state index in [1.54, 1.807) is 3.58 Å².